The smallest absolute Gasteiger partial charge is 0.238 e. The average Bonchev–Trinajstić information content (AvgIpc) is 3.02. The first-order valence-electron chi connectivity index (χ1n) is 10.2. The van der Waals surface area contributed by atoms with Crippen LogP contribution in [0.5, 0.6) is 0 Å². The van der Waals surface area contributed by atoms with E-state index in [2.05, 4.69) is 10.6 Å². The van der Waals surface area contributed by atoms with E-state index in [1.54, 1.807) is 30.3 Å². The summed E-state index contributed by atoms with van der Waals surface area (Å²) in [6.45, 7) is 1.85. The van der Waals surface area contributed by atoms with Crippen LogP contribution >= 0.6 is 34.8 Å². The summed E-state index contributed by atoms with van der Waals surface area (Å²) in [5.41, 5.74) is 1.88. The van der Waals surface area contributed by atoms with Gasteiger partial charge in [0.1, 0.15) is 5.41 Å². The molecule has 2 N–H and O–H groups in total. The zero-order valence-corrected chi connectivity index (χ0v) is 19.3. The van der Waals surface area contributed by atoms with Crippen LogP contribution in [0.15, 0.2) is 66.7 Å². The number of amides is 2. The van der Waals surface area contributed by atoms with E-state index in [0.29, 0.717) is 20.8 Å². The summed E-state index contributed by atoms with van der Waals surface area (Å²) >= 11 is 18.9. The molecule has 2 amide bonds. The molecule has 1 saturated heterocycles. The van der Waals surface area contributed by atoms with Crippen LogP contribution in [0.3, 0.4) is 0 Å². The topological polar surface area (TPSA) is 58.2 Å². The van der Waals surface area contributed by atoms with Gasteiger partial charge in [0, 0.05) is 32.6 Å². The van der Waals surface area contributed by atoms with Crippen molar-refractivity contribution in [3.8, 4) is 0 Å². The van der Waals surface area contributed by atoms with E-state index in [4.69, 9.17) is 34.8 Å². The fourth-order valence-corrected chi connectivity index (χ4v) is 5.89. The molecule has 2 heterocycles. The largest absolute Gasteiger partial charge is 0.348 e. The maximum atomic E-state index is 13.9. The first kappa shape index (κ1) is 21.3. The Labute approximate surface area is 200 Å². The molecular formula is C25H19Cl3N2O2. The number of anilines is 1. The van der Waals surface area contributed by atoms with Crippen LogP contribution in [-0.4, -0.2) is 11.8 Å². The second-order valence-corrected chi connectivity index (χ2v) is 9.64. The Bertz CT molecular complexity index is 1260. The van der Waals surface area contributed by atoms with Gasteiger partial charge in [0.05, 0.1) is 6.04 Å². The Kier molecular flexibility index (Phi) is 5.20. The van der Waals surface area contributed by atoms with Crippen molar-refractivity contribution in [1.82, 2.24) is 5.32 Å². The Morgan fingerprint density at radius 1 is 0.812 bits per heavy atom. The zero-order valence-electron chi connectivity index (χ0n) is 17.0. The third-order valence-electron chi connectivity index (χ3n) is 6.59. The van der Waals surface area contributed by atoms with Crippen LogP contribution in [-0.2, 0) is 15.0 Å². The molecule has 5 rings (SSSR count). The SMILES string of the molecule is C[C@@H]1C(=O)N[C@H](c2cccc(Cl)c2)[C@@]2(C(=O)Nc3cc(Cl)ccc32)[C@@H]1c1cccc(Cl)c1. The lowest BCUT2D eigenvalue weighted by molar-refractivity contribution is -0.135. The van der Waals surface area contributed by atoms with E-state index in [1.807, 2.05) is 43.3 Å². The molecule has 4 atom stereocenters. The zero-order chi connectivity index (χ0) is 22.6. The lowest BCUT2D eigenvalue weighted by atomic mass is 9.56. The number of carbonyl (C=O) groups is 2. The molecule has 0 unspecified atom stereocenters. The molecule has 0 radical (unpaired) electrons. The number of benzene rings is 3. The molecule has 32 heavy (non-hydrogen) atoms. The Hall–Kier alpha value is -2.53. The number of hydrogen-bond acceptors (Lipinski definition) is 2. The van der Waals surface area contributed by atoms with Crippen LogP contribution in [0.25, 0.3) is 0 Å². The molecule has 4 nitrogen and oxygen atoms in total. The molecule has 1 fully saturated rings. The second kappa shape index (κ2) is 7.80. The fourth-order valence-electron chi connectivity index (χ4n) is 5.32. The van der Waals surface area contributed by atoms with Gasteiger partial charge in [-0.25, -0.2) is 0 Å². The van der Waals surface area contributed by atoms with Crippen molar-refractivity contribution in [1.29, 1.82) is 0 Å². The lowest BCUT2D eigenvalue weighted by Gasteiger charge is -2.49. The molecular weight excluding hydrogens is 467 g/mol. The first-order chi connectivity index (χ1) is 15.3. The maximum Gasteiger partial charge on any atom is 0.238 e. The van der Waals surface area contributed by atoms with Crippen LogP contribution in [0.2, 0.25) is 15.1 Å². The van der Waals surface area contributed by atoms with E-state index in [9.17, 15) is 9.59 Å². The number of piperidine rings is 1. The second-order valence-electron chi connectivity index (χ2n) is 8.33. The number of fused-ring (bicyclic) bond motifs is 2. The molecule has 2 aliphatic heterocycles. The average molecular weight is 486 g/mol. The molecule has 0 aromatic heterocycles. The molecule has 7 heteroatoms. The van der Waals surface area contributed by atoms with Crippen molar-refractivity contribution in [2.45, 2.75) is 24.3 Å². The summed E-state index contributed by atoms with van der Waals surface area (Å²) in [5.74, 6) is -1.30. The number of rotatable bonds is 2. The fraction of sp³-hybridized carbons (Fsp3) is 0.200. The van der Waals surface area contributed by atoms with Crippen molar-refractivity contribution in [2.24, 2.45) is 5.92 Å². The standard InChI is InChI=1S/C25H19Cl3N2O2/c1-13-21(14-4-2-6-16(26)10-14)25(19-9-8-18(28)12-20(19)29-24(25)32)22(30-23(13)31)15-5-3-7-17(27)11-15/h2-13,21-22H,1H3,(H,29,32)(H,30,31)/t13-,21-,22+,25-/m0/s1. The van der Waals surface area contributed by atoms with Crippen molar-refractivity contribution in [2.75, 3.05) is 5.32 Å². The highest BCUT2D eigenvalue weighted by atomic mass is 35.5. The molecule has 162 valence electrons. The third-order valence-corrected chi connectivity index (χ3v) is 7.29. The number of nitrogens with one attached hydrogen (secondary N) is 2. The molecule has 0 saturated carbocycles. The van der Waals surface area contributed by atoms with Gasteiger partial charge < -0.3 is 10.6 Å². The first-order valence-corrected chi connectivity index (χ1v) is 11.4. The van der Waals surface area contributed by atoms with Crippen LogP contribution in [0.1, 0.15) is 35.6 Å². The van der Waals surface area contributed by atoms with Gasteiger partial charge in [0.15, 0.2) is 0 Å². The summed E-state index contributed by atoms with van der Waals surface area (Å²) in [7, 11) is 0. The Morgan fingerprint density at radius 2 is 1.44 bits per heavy atom. The Balaban J connectivity index is 1.84. The van der Waals surface area contributed by atoms with E-state index >= 15 is 0 Å². The molecule has 1 spiro atoms. The summed E-state index contributed by atoms with van der Waals surface area (Å²) in [4.78, 5) is 27.2. The van der Waals surface area contributed by atoms with Crippen LogP contribution in [0.4, 0.5) is 5.69 Å². The van der Waals surface area contributed by atoms with Gasteiger partial charge in [0.2, 0.25) is 11.8 Å². The summed E-state index contributed by atoms with van der Waals surface area (Å²) in [6.07, 6.45) is 0. The van der Waals surface area contributed by atoms with Gasteiger partial charge in [-0.15, -0.1) is 0 Å². The van der Waals surface area contributed by atoms with Crippen LogP contribution in [0, 0.1) is 5.92 Å². The predicted octanol–water partition coefficient (Wildman–Crippen LogP) is 6.13. The highest BCUT2D eigenvalue weighted by molar-refractivity contribution is 6.31. The van der Waals surface area contributed by atoms with E-state index < -0.39 is 23.3 Å². The summed E-state index contributed by atoms with van der Waals surface area (Å²) in [5, 5.41) is 7.74. The number of hydrogen-bond donors (Lipinski definition) is 2. The van der Waals surface area contributed by atoms with Crippen molar-refractivity contribution in [3.63, 3.8) is 0 Å². The van der Waals surface area contributed by atoms with Crippen molar-refractivity contribution in [3.05, 3.63) is 98.5 Å². The van der Waals surface area contributed by atoms with Crippen molar-refractivity contribution < 1.29 is 9.59 Å². The van der Waals surface area contributed by atoms with Crippen molar-refractivity contribution >= 4 is 52.3 Å². The Morgan fingerprint density at radius 3 is 2.12 bits per heavy atom. The molecule has 0 aliphatic carbocycles. The third kappa shape index (κ3) is 3.13. The highest BCUT2D eigenvalue weighted by Crippen LogP contribution is 2.59. The van der Waals surface area contributed by atoms with Gasteiger partial charge in [-0.1, -0.05) is 72.1 Å². The van der Waals surface area contributed by atoms with Gasteiger partial charge >= 0.3 is 0 Å². The highest BCUT2D eigenvalue weighted by Gasteiger charge is 2.63. The number of carbonyl (C=O) groups excluding carboxylic acids is 2. The van der Waals surface area contributed by atoms with Gasteiger partial charge in [-0.3, -0.25) is 9.59 Å². The minimum Gasteiger partial charge on any atom is -0.348 e. The van der Waals surface area contributed by atoms with Crippen LogP contribution < -0.4 is 10.6 Å². The maximum absolute atomic E-state index is 13.9. The summed E-state index contributed by atoms with van der Waals surface area (Å²) < 4.78 is 0. The molecule has 3 aromatic rings. The minimum atomic E-state index is -1.12. The van der Waals surface area contributed by atoms with E-state index in [-0.39, 0.29) is 11.8 Å². The molecule has 0 bridgehead atoms. The number of halogens is 3. The van der Waals surface area contributed by atoms with E-state index in [0.717, 1.165) is 16.7 Å². The quantitative estimate of drug-likeness (QED) is 0.459. The van der Waals surface area contributed by atoms with Gasteiger partial charge in [-0.05, 0) is 53.1 Å². The van der Waals surface area contributed by atoms with Gasteiger partial charge in [-0.2, -0.15) is 0 Å². The minimum absolute atomic E-state index is 0.138. The normalized spacial score (nSPS) is 26.6. The predicted molar refractivity (Wildman–Crippen MR) is 127 cm³/mol. The van der Waals surface area contributed by atoms with E-state index in [1.165, 1.54) is 0 Å². The summed E-state index contributed by atoms with van der Waals surface area (Å²) in [6, 6.07) is 19.4. The van der Waals surface area contributed by atoms with Gasteiger partial charge in [0.25, 0.3) is 0 Å². The molecule has 3 aromatic carbocycles. The molecule has 2 aliphatic rings. The lowest BCUT2D eigenvalue weighted by Crippen LogP contribution is -2.60. The monoisotopic (exact) mass is 484 g/mol.